The average Bonchev–Trinajstić information content (AvgIpc) is 1.82. The Morgan fingerprint density at radius 2 is 1.08 bits per heavy atom. The molecule has 19 N–H and O–H groups in total. The molecular weight excluding hydrogens is 1200 g/mol. The molecule has 0 spiro atoms. The van der Waals surface area contributed by atoms with Gasteiger partial charge in [-0.3, -0.25) is 62.7 Å². The topological polar surface area (TPSA) is 479 Å². The first-order valence-corrected chi connectivity index (χ1v) is 31.9. The number of aliphatic carboxylic acids is 1. The molecule has 27 heteroatoms. The number of carbonyl (C=O) groups is 11. The highest BCUT2D eigenvalue weighted by atomic mass is 16.4. The number of hydrogen-bond acceptors (Lipinski definition) is 16. The first kappa shape index (κ1) is 78.8. The Morgan fingerprint density at radius 1 is 0.559 bits per heavy atom. The van der Waals surface area contributed by atoms with Crippen LogP contribution in [0.5, 0.6) is 0 Å². The van der Waals surface area contributed by atoms with Gasteiger partial charge in [-0.15, -0.1) is 0 Å². The summed E-state index contributed by atoms with van der Waals surface area (Å²) in [6, 6.07) is 9.77. The molecule has 0 aliphatic carbocycles. The van der Waals surface area contributed by atoms with Crippen LogP contribution in [0.3, 0.4) is 0 Å². The molecule has 0 aliphatic heterocycles. The van der Waals surface area contributed by atoms with Crippen molar-refractivity contribution in [2.24, 2.45) is 86.0 Å². The number of aromatic amines is 1. The number of nitrogens with one attached hydrogen (secondary N) is 6. The van der Waals surface area contributed by atoms with E-state index in [1.165, 1.54) is 6.92 Å². The normalized spacial score (nSPS) is 15.3. The molecule has 3 rings (SSSR count). The average molecular weight is 1300 g/mol. The van der Waals surface area contributed by atoms with Crippen LogP contribution >= 0.6 is 0 Å². The number of fused-ring (bicyclic) bond motifs is 1. The number of nitrogens with zero attached hydrogens (tertiary/aromatic N) is 2. The molecule has 0 fully saturated rings. The molecule has 514 valence electrons. The maximum atomic E-state index is 14.5. The number of para-hydroxylation sites is 1. The summed E-state index contributed by atoms with van der Waals surface area (Å²) in [6.45, 7) is 11.2. The number of ketones is 5. The van der Waals surface area contributed by atoms with Gasteiger partial charge in [0, 0.05) is 92.4 Å². The zero-order valence-electron chi connectivity index (χ0n) is 55.0. The minimum absolute atomic E-state index is 0.0406. The number of guanidine groups is 2. The number of carbonyl (C=O) groups excluding carboxylic acids is 10. The number of hydrogen-bond donors (Lipinski definition) is 14. The lowest BCUT2D eigenvalue weighted by Gasteiger charge is -2.29. The van der Waals surface area contributed by atoms with Crippen LogP contribution in [0.25, 0.3) is 10.9 Å². The Bertz CT molecular complexity index is 3050. The molecule has 12 atom stereocenters. The van der Waals surface area contributed by atoms with E-state index in [1.807, 2.05) is 44.2 Å². The number of benzene rings is 2. The van der Waals surface area contributed by atoms with E-state index in [2.05, 4.69) is 41.6 Å². The molecular formula is C66H101N13O14. The second kappa shape index (κ2) is 39.9. The van der Waals surface area contributed by atoms with Crippen molar-refractivity contribution in [3.63, 3.8) is 0 Å². The van der Waals surface area contributed by atoms with Gasteiger partial charge in [-0.1, -0.05) is 96.5 Å². The van der Waals surface area contributed by atoms with Gasteiger partial charge in [0.2, 0.25) is 29.5 Å². The summed E-state index contributed by atoms with van der Waals surface area (Å²) in [7, 11) is 1.68. The van der Waals surface area contributed by atoms with Crippen molar-refractivity contribution in [1.82, 2.24) is 31.6 Å². The maximum Gasteiger partial charge on any atom is 0.305 e. The van der Waals surface area contributed by atoms with Gasteiger partial charge in [-0.2, -0.15) is 0 Å². The van der Waals surface area contributed by atoms with E-state index in [4.69, 9.17) is 28.7 Å². The van der Waals surface area contributed by atoms with Crippen LogP contribution in [-0.4, -0.2) is 160 Å². The Balaban J connectivity index is 1.88. The van der Waals surface area contributed by atoms with Crippen LogP contribution < -0.4 is 55.3 Å². The Labute approximate surface area is 544 Å². The highest BCUT2D eigenvalue weighted by Crippen LogP contribution is 2.26. The van der Waals surface area contributed by atoms with E-state index in [0.29, 0.717) is 18.4 Å². The lowest BCUT2D eigenvalue weighted by molar-refractivity contribution is -0.142. The second-order valence-electron chi connectivity index (χ2n) is 25.0. The van der Waals surface area contributed by atoms with Gasteiger partial charge in [0.1, 0.15) is 6.04 Å². The zero-order chi connectivity index (χ0) is 69.6. The highest BCUT2D eigenvalue weighted by molar-refractivity contribution is 6.00. The Kier molecular flexibility index (Phi) is 33.8. The van der Waals surface area contributed by atoms with Gasteiger partial charge in [0.15, 0.2) is 40.8 Å². The van der Waals surface area contributed by atoms with Crippen LogP contribution in [0.2, 0.25) is 0 Å². The van der Waals surface area contributed by atoms with Crippen molar-refractivity contribution >= 4 is 87.2 Å². The standard InChI is InChI=1S/C66H101N13O14/c1-9-38(6)47(64(93)78-52(33-58(87)88)55(84)30-44(35-80)62(91)77-51(27-43-34-75-48-21-14-13-20-45(43)48)54(83)28-41(60(67)89)19-15-23-73-65(68)69)32-57(86)59(39(7)81)79-63(92)46(37(4)5)31-56(85)49(22-16-24-74-66(70)71)76-61(90)42(26-40-17-11-10-12-18-40)29-53(82)50(72-8)25-36(2)3/h10-14,17-18,20-21,34,36-39,41-42,44,46-47,49-52,59,72,75,80-81H,9,15-16,19,22-33,35H2,1-8H3,(H2,67,89)(H,76,90)(H,77,91)(H,78,93)(H,79,92)(H,87,88)(H4,68,69,73)(H4,70,71,74)/t38-,39+,41+,42+,44-,46-,47-,49-,50-,51-,52-,59-/m0/s1. The van der Waals surface area contributed by atoms with Crippen molar-refractivity contribution in [3.05, 3.63) is 71.9 Å². The van der Waals surface area contributed by atoms with Gasteiger partial charge in [-0.05, 0) is 87.4 Å². The lowest BCUT2D eigenvalue weighted by atomic mass is 9.83. The molecule has 1 heterocycles. The summed E-state index contributed by atoms with van der Waals surface area (Å²) in [4.78, 5) is 164. The largest absolute Gasteiger partial charge is 0.481 e. The Hall–Kier alpha value is -8.43. The fraction of sp³-hybridized carbons (Fsp3) is 0.591. The predicted molar refractivity (Wildman–Crippen MR) is 352 cm³/mol. The van der Waals surface area contributed by atoms with Crippen LogP contribution in [0.15, 0.2) is 70.8 Å². The summed E-state index contributed by atoms with van der Waals surface area (Å²) >= 11 is 0. The number of rotatable bonds is 46. The third-order valence-electron chi connectivity index (χ3n) is 16.8. The number of carboxylic acids is 1. The summed E-state index contributed by atoms with van der Waals surface area (Å²) in [6.07, 6.45) is -1.80. The third kappa shape index (κ3) is 27.0. The number of aliphatic hydroxyl groups is 2. The minimum atomic E-state index is -1.81. The van der Waals surface area contributed by atoms with Gasteiger partial charge in [0.05, 0.1) is 49.2 Å². The quantitative estimate of drug-likeness (QED) is 0.0217. The maximum absolute atomic E-state index is 14.5. The first-order valence-electron chi connectivity index (χ1n) is 31.9. The molecule has 0 unspecified atom stereocenters. The van der Waals surface area contributed by atoms with Crippen LogP contribution in [0.4, 0.5) is 0 Å². The zero-order valence-corrected chi connectivity index (χ0v) is 55.0. The second-order valence-corrected chi connectivity index (χ2v) is 25.0. The van der Waals surface area contributed by atoms with Gasteiger partial charge in [-0.25, -0.2) is 0 Å². The van der Waals surface area contributed by atoms with Crippen molar-refractivity contribution in [1.29, 1.82) is 0 Å². The van der Waals surface area contributed by atoms with Crippen LogP contribution in [0, 0.1) is 47.3 Å². The van der Waals surface area contributed by atoms with Crippen molar-refractivity contribution in [2.75, 3.05) is 26.7 Å². The van der Waals surface area contributed by atoms with Crippen molar-refractivity contribution < 1.29 is 68.1 Å². The molecule has 0 bridgehead atoms. The summed E-state index contributed by atoms with van der Waals surface area (Å²) in [5, 5.41) is 46.0. The van der Waals surface area contributed by atoms with E-state index in [0.717, 1.165) is 16.5 Å². The van der Waals surface area contributed by atoms with Crippen LogP contribution in [0.1, 0.15) is 137 Å². The van der Waals surface area contributed by atoms with Crippen molar-refractivity contribution in [3.8, 4) is 0 Å². The molecule has 5 amide bonds. The number of H-pyrrole nitrogens is 1. The number of likely N-dealkylation sites (N-methyl/N-ethyl adjacent to an activating group) is 1. The van der Waals surface area contributed by atoms with E-state index in [1.54, 1.807) is 65.2 Å². The molecule has 0 saturated carbocycles. The molecule has 0 saturated heterocycles. The fourth-order valence-electron chi connectivity index (χ4n) is 11.1. The molecule has 27 nitrogen and oxygen atoms in total. The number of aliphatic imine (C=N–C) groups is 2. The SMILES string of the molecule is CC[C@H](C)[C@H](CC(=O)[C@@H](NC(=O)[C@@H](CC(=O)[C@H](CCCN=C(N)N)NC(=O)[C@@H](CC(=O)[C@H](CC(C)C)NC)Cc1ccccc1)C(C)C)[C@@H](C)O)C(=O)N[C@@H](CC(=O)O)C(=O)C[C@@H](CO)C(=O)N[C@@H](Cc1c[nH]c2ccccc12)C(=O)C[C@@H](CCCN=C(N)N)C(N)=O. The van der Waals surface area contributed by atoms with E-state index in [-0.39, 0.29) is 81.7 Å². The van der Waals surface area contributed by atoms with Gasteiger partial charge < -0.3 is 75.6 Å². The predicted octanol–water partition coefficient (Wildman–Crippen LogP) is 1.55. The number of nitrogens with two attached hydrogens (primary N) is 5. The first-order chi connectivity index (χ1) is 43.9. The molecule has 3 aromatic rings. The summed E-state index contributed by atoms with van der Waals surface area (Å²) < 4.78 is 0. The number of primary amides is 1. The van der Waals surface area contributed by atoms with Crippen LogP contribution in [-0.2, 0) is 65.6 Å². The number of aromatic nitrogens is 1. The van der Waals surface area contributed by atoms with E-state index < -0.39 is 175 Å². The lowest BCUT2D eigenvalue weighted by Crippen LogP contribution is -2.53. The molecule has 0 aliphatic rings. The molecule has 93 heavy (non-hydrogen) atoms. The molecule has 0 radical (unpaired) electrons. The molecule has 1 aromatic heterocycles. The third-order valence-corrected chi connectivity index (χ3v) is 16.8. The summed E-state index contributed by atoms with van der Waals surface area (Å²) in [5.74, 6) is -16.0. The van der Waals surface area contributed by atoms with Gasteiger partial charge >= 0.3 is 5.97 Å². The van der Waals surface area contributed by atoms with Gasteiger partial charge in [0.25, 0.3) is 0 Å². The fourth-order valence-corrected chi connectivity index (χ4v) is 11.1. The minimum Gasteiger partial charge on any atom is -0.481 e. The van der Waals surface area contributed by atoms with E-state index in [9.17, 15) is 68.1 Å². The smallest absolute Gasteiger partial charge is 0.305 e. The Morgan fingerprint density at radius 3 is 1.63 bits per heavy atom. The van der Waals surface area contributed by atoms with E-state index >= 15 is 0 Å². The number of carboxylic acid groups (broad SMARTS) is 1. The van der Waals surface area contributed by atoms with Crippen molar-refractivity contribution in [2.45, 2.75) is 175 Å². The number of amides is 5. The molecule has 2 aromatic carbocycles. The monoisotopic (exact) mass is 1300 g/mol. The summed E-state index contributed by atoms with van der Waals surface area (Å²) in [5.41, 5.74) is 29.8. The highest BCUT2D eigenvalue weighted by Gasteiger charge is 2.39. The number of Topliss-reactive ketones (excluding diaryl/α,β-unsaturated/α-hetero) is 5. The number of aliphatic hydroxyl groups excluding tert-OH is 2.